The molecule has 0 aromatic carbocycles. The molecular formula is C11H11N3O2. The molecule has 0 saturated carbocycles. The van der Waals surface area contributed by atoms with Crippen LogP contribution in [0.25, 0.3) is 0 Å². The molecule has 5 heteroatoms. The number of ether oxygens (including phenoxy) is 1. The number of anilines is 1. The molecule has 0 amide bonds. The Labute approximate surface area is 93.1 Å². The lowest BCUT2D eigenvalue weighted by Gasteiger charge is -2.18. The van der Waals surface area contributed by atoms with Gasteiger partial charge in [-0.05, 0) is 19.9 Å². The Kier molecular flexibility index (Phi) is 2.27. The maximum absolute atomic E-state index is 11.2. The van der Waals surface area contributed by atoms with Gasteiger partial charge in [-0.1, -0.05) is 0 Å². The molecule has 1 aromatic heterocycles. The van der Waals surface area contributed by atoms with Crippen molar-refractivity contribution in [2.24, 2.45) is 0 Å². The molecule has 0 fully saturated rings. The summed E-state index contributed by atoms with van der Waals surface area (Å²) in [6, 6.07) is 3.91. The molecule has 82 valence electrons. The third-order valence-corrected chi connectivity index (χ3v) is 2.26. The lowest BCUT2D eigenvalue weighted by molar-refractivity contribution is 0.0531. The van der Waals surface area contributed by atoms with E-state index in [1.54, 1.807) is 19.9 Å². The summed E-state index contributed by atoms with van der Waals surface area (Å²) in [4.78, 5) is 15.2. The number of hydrogen-bond donors (Lipinski definition) is 1. The van der Waals surface area contributed by atoms with Gasteiger partial charge in [0.2, 0.25) is 0 Å². The number of hydrogen-bond acceptors (Lipinski definition) is 5. The highest BCUT2D eigenvalue weighted by molar-refractivity contribution is 5.91. The lowest BCUT2D eigenvalue weighted by Crippen LogP contribution is -2.28. The molecule has 0 aliphatic carbocycles. The molecule has 0 atom stereocenters. The number of rotatable bonds is 2. The van der Waals surface area contributed by atoms with Crippen LogP contribution >= 0.6 is 0 Å². The third kappa shape index (κ3) is 1.82. The minimum absolute atomic E-state index is 0.254. The highest BCUT2D eigenvalue weighted by atomic mass is 16.5. The first-order valence-electron chi connectivity index (χ1n) is 4.87. The van der Waals surface area contributed by atoms with E-state index in [9.17, 15) is 4.79 Å². The zero-order valence-electron chi connectivity index (χ0n) is 9.07. The average molecular weight is 217 g/mol. The Morgan fingerprint density at radius 2 is 2.38 bits per heavy atom. The topological polar surface area (TPSA) is 75.0 Å². The van der Waals surface area contributed by atoms with Crippen molar-refractivity contribution in [2.75, 3.05) is 5.32 Å². The first kappa shape index (κ1) is 10.4. The van der Waals surface area contributed by atoms with Crippen molar-refractivity contribution < 1.29 is 9.53 Å². The molecule has 16 heavy (non-hydrogen) atoms. The molecular weight excluding hydrogens is 206 g/mol. The Hall–Kier alpha value is -2.09. The van der Waals surface area contributed by atoms with Crippen molar-refractivity contribution >= 4 is 11.7 Å². The fourth-order valence-electron chi connectivity index (χ4n) is 1.47. The fourth-order valence-corrected chi connectivity index (χ4v) is 1.47. The van der Waals surface area contributed by atoms with Gasteiger partial charge in [-0.25, -0.2) is 9.78 Å². The van der Waals surface area contributed by atoms with E-state index in [0.717, 1.165) is 5.56 Å². The molecule has 0 unspecified atom stereocenters. The summed E-state index contributed by atoms with van der Waals surface area (Å²) in [6.45, 7) is 3.79. The molecule has 2 rings (SSSR count). The fraction of sp³-hybridized carbons (Fsp3) is 0.364. The molecule has 1 N–H and O–H groups in total. The van der Waals surface area contributed by atoms with Crippen molar-refractivity contribution in [1.82, 2.24) is 4.98 Å². The molecule has 0 spiro atoms. The van der Waals surface area contributed by atoms with E-state index in [4.69, 9.17) is 10.00 Å². The quantitative estimate of drug-likeness (QED) is 0.759. The van der Waals surface area contributed by atoms with E-state index in [2.05, 4.69) is 16.4 Å². The minimum atomic E-state index is -0.667. The maximum Gasteiger partial charge on any atom is 0.357 e. The van der Waals surface area contributed by atoms with Crippen LogP contribution in [0, 0.1) is 11.3 Å². The molecule has 1 aromatic rings. The van der Waals surface area contributed by atoms with E-state index < -0.39 is 5.54 Å². The highest BCUT2D eigenvalue weighted by Gasteiger charge is 2.24. The second kappa shape index (κ2) is 3.49. The van der Waals surface area contributed by atoms with Gasteiger partial charge in [0.05, 0.1) is 18.0 Å². The summed E-state index contributed by atoms with van der Waals surface area (Å²) in [5, 5.41) is 11.9. The van der Waals surface area contributed by atoms with E-state index in [0.29, 0.717) is 11.4 Å². The number of nitriles is 1. The number of esters is 1. The number of aromatic nitrogens is 1. The Balaban J connectivity index is 2.27. The summed E-state index contributed by atoms with van der Waals surface area (Å²) >= 11 is 0. The number of nitrogens with zero attached hydrogens (tertiary/aromatic N) is 2. The molecule has 1 aliphatic heterocycles. The van der Waals surface area contributed by atoms with Crippen molar-refractivity contribution in [3.8, 4) is 6.07 Å². The largest absolute Gasteiger partial charge is 0.456 e. The van der Waals surface area contributed by atoms with Crippen LogP contribution in [-0.2, 0) is 11.3 Å². The normalized spacial score (nSPS) is 13.9. The number of cyclic esters (lactones) is 1. The van der Waals surface area contributed by atoms with Crippen LogP contribution in [0.4, 0.5) is 5.69 Å². The standard InChI is InChI=1S/C11H11N3O2/c1-11(2,6-12)14-8-3-7-5-16-10(15)9(7)13-4-8/h3-4,14H,5H2,1-2H3. The maximum atomic E-state index is 11.2. The van der Waals surface area contributed by atoms with Gasteiger partial charge in [0, 0.05) is 5.56 Å². The molecule has 2 heterocycles. The van der Waals surface area contributed by atoms with Crippen molar-refractivity contribution in [3.05, 3.63) is 23.5 Å². The number of nitrogens with one attached hydrogen (secondary N) is 1. The van der Waals surface area contributed by atoms with Crippen LogP contribution in [0.1, 0.15) is 29.9 Å². The highest BCUT2D eigenvalue weighted by Crippen LogP contribution is 2.22. The minimum Gasteiger partial charge on any atom is -0.456 e. The van der Waals surface area contributed by atoms with Crippen LogP contribution < -0.4 is 5.32 Å². The van der Waals surface area contributed by atoms with Crippen LogP contribution in [0.2, 0.25) is 0 Å². The van der Waals surface area contributed by atoms with Gasteiger partial charge in [-0.3, -0.25) is 0 Å². The molecule has 5 nitrogen and oxygen atoms in total. The zero-order chi connectivity index (χ0) is 11.8. The molecule has 0 saturated heterocycles. The van der Waals surface area contributed by atoms with Crippen LogP contribution in [-0.4, -0.2) is 16.5 Å². The summed E-state index contributed by atoms with van der Waals surface area (Å²) in [5.74, 6) is -0.388. The van der Waals surface area contributed by atoms with Crippen molar-refractivity contribution in [2.45, 2.75) is 26.0 Å². The van der Waals surface area contributed by atoms with Crippen molar-refractivity contribution in [3.63, 3.8) is 0 Å². The van der Waals surface area contributed by atoms with Gasteiger partial charge in [0.1, 0.15) is 12.1 Å². The third-order valence-electron chi connectivity index (χ3n) is 2.26. The van der Waals surface area contributed by atoms with Crippen LogP contribution in [0.3, 0.4) is 0 Å². The van der Waals surface area contributed by atoms with E-state index in [1.807, 2.05) is 0 Å². The first-order chi connectivity index (χ1) is 7.52. The Bertz CT molecular complexity index is 488. The molecule has 1 aliphatic rings. The number of fused-ring (bicyclic) bond motifs is 1. The second-order valence-electron chi connectivity index (χ2n) is 4.17. The van der Waals surface area contributed by atoms with Gasteiger partial charge in [0.15, 0.2) is 5.69 Å². The summed E-state index contributed by atoms with van der Waals surface area (Å²) in [6.07, 6.45) is 1.53. The lowest BCUT2D eigenvalue weighted by atomic mass is 10.1. The number of carbonyl (C=O) groups is 1. The molecule has 0 radical (unpaired) electrons. The predicted molar refractivity (Wildman–Crippen MR) is 56.7 cm³/mol. The number of carbonyl (C=O) groups excluding carboxylic acids is 1. The first-order valence-corrected chi connectivity index (χ1v) is 4.87. The van der Waals surface area contributed by atoms with E-state index in [-0.39, 0.29) is 12.6 Å². The smallest absolute Gasteiger partial charge is 0.357 e. The number of pyridine rings is 1. The SMILES string of the molecule is CC(C)(C#N)Nc1cnc2c(c1)COC2=O. The van der Waals surface area contributed by atoms with Gasteiger partial charge in [-0.15, -0.1) is 0 Å². The Morgan fingerprint density at radius 1 is 1.62 bits per heavy atom. The Morgan fingerprint density at radius 3 is 3.06 bits per heavy atom. The van der Waals surface area contributed by atoms with Gasteiger partial charge < -0.3 is 10.1 Å². The zero-order valence-corrected chi connectivity index (χ0v) is 9.07. The monoisotopic (exact) mass is 217 g/mol. The van der Waals surface area contributed by atoms with Gasteiger partial charge in [-0.2, -0.15) is 5.26 Å². The van der Waals surface area contributed by atoms with Crippen molar-refractivity contribution in [1.29, 1.82) is 5.26 Å². The average Bonchev–Trinajstić information content (AvgIpc) is 2.60. The summed E-state index contributed by atoms with van der Waals surface area (Å²) in [5.41, 5.74) is 1.16. The van der Waals surface area contributed by atoms with Crippen LogP contribution in [0.5, 0.6) is 0 Å². The summed E-state index contributed by atoms with van der Waals surface area (Å²) in [7, 11) is 0. The summed E-state index contributed by atoms with van der Waals surface area (Å²) < 4.78 is 4.84. The van der Waals surface area contributed by atoms with Gasteiger partial charge in [0.25, 0.3) is 0 Å². The second-order valence-corrected chi connectivity index (χ2v) is 4.17. The van der Waals surface area contributed by atoms with E-state index in [1.165, 1.54) is 6.20 Å². The molecule has 0 bridgehead atoms. The van der Waals surface area contributed by atoms with Crippen LogP contribution in [0.15, 0.2) is 12.3 Å². The predicted octanol–water partition coefficient (Wildman–Crippen LogP) is 1.47. The van der Waals surface area contributed by atoms with E-state index >= 15 is 0 Å². The van der Waals surface area contributed by atoms with Gasteiger partial charge >= 0.3 is 5.97 Å².